The lowest BCUT2D eigenvalue weighted by atomic mass is 9.90. The summed E-state index contributed by atoms with van der Waals surface area (Å²) in [4.78, 5) is 29.9. The van der Waals surface area contributed by atoms with Gasteiger partial charge in [0.05, 0.1) is 10.9 Å². The number of nitrogens with one attached hydrogen (secondary N) is 2. The van der Waals surface area contributed by atoms with Gasteiger partial charge in [0.25, 0.3) is 0 Å². The smallest absolute Gasteiger partial charge is 0.408 e. The first-order valence-corrected chi connectivity index (χ1v) is 10.9. The van der Waals surface area contributed by atoms with Crippen molar-refractivity contribution in [2.24, 2.45) is 5.92 Å². The van der Waals surface area contributed by atoms with Crippen LogP contribution in [0.15, 0.2) is 27.4 Å². The molecule has 0 bridgehead atoms. The summed E-state index contributed by atoms with van der Waals surface area (Å²) in [5.41, 5.74) is 1.68. The Labute approximate surface area is 169 Å². The maximum absolute atomic E-state index is 13.2. The van der Waals surface area contributed by atoms with Crippen molar-refractivity contribution in [1.29, 1.82) is 0 Å². The Hall–Kier alpha value is -2.12. The molecule has 29 heavy (non-hydrogen) atoms. The molecule has 1 atom stereocenters. The van der Waals surface area contributed by atoms with Crippen molar-refractivity contribution < 1.29 is 13.9 Å². The predicted molar refractivity (Wildman–Crippen MR) is 109 cm³/mol. The number of hydrogen-bond donors (Lipinski definition) is 2. The molecule has 1 aromatic heterocycles. The minimum Gasteiger partial charge on any atom is -0.408 e. The fourth-order valence-electron chi connectivity index (χ4n) is 5.16. The van der Waals surface area contributed by atoms with Crippen LogP contribution in [0.3, 0.4) is 0 Å². The molecule has 156 valence electrons. The molecular weight excluding hydrogens is 370 g/mol. The Kier molecular flexibility index (Phi) is 4.95. The minimum absolute atomic E-state index is 0.110. The third-order valence-electron chi connectivity index (χ3n) is 7.05. The van der Waals surface area contributed by atoms with Crippen LogP contribution in [0, 0.1) is 5.92 Å². The van der Waals surface area contributed by atoms with Crippen molar-refractivity contribution in [1.82, 2.24) is 15.2 Å². The maximum Gasteiger partial charge on any atom is 0.417 e. The molecule has 1 unspecified atom stereocenters. The van der Waals surface area contributed by atoms with Crippen LogP contribution >= 0.6 is 0 Å². The molecule has 7 nitrogen and oxygen atoms in total. The standard InChI is InChI=1S/C22H29N3O4/c26-20(22(7-8-22)16-3-4-19-17(13-16)24-21(27)29-19)23-14-18(25-9-1-2-10-25)15-5-11-28-12-6-15/h3-4,13,15,18H,1-2,5-12,14H2,(H,23,26)(H,24,27). The van der Waals surface area contributed by atoms with E-state index in [0.29, 0.717) is 29.6 Å². The zero-order valence-electron chi connectivity index (χ0n) is 16.7. The number of carbonyl (C=O) groups excluding carboxylic acids is 1. The van der Waals surface area contributed by atoms with Gasteiger partial charge in [-0.1, -0.05) is 6.07 Å². The van der Waals surface area contributed by atoms with Crippen molar-refractivity contribution >= 4 is 17.0 Å². The summed E-state index contributed by atoms with van der Waals surface area (Å²) in [6.45, 7) is 4.63. The summed E-state index contributed by atoms with van der Waals surface area (Å²) in [5, 5.41) is 3.29. The number of amides is 1. The number of aromatic nitrogens is 1. The largest absolute Gasteiger partial charge is 0.417 e. The Bertz CT molecular complexity index is 933. The number of oxazole rings is 1. The second kappa shape index (κ2) is 7.61. The Balaban J connectivity index is 1.30. The van der Waals surface area contributed by atoms with Crippen molar-refractivity contribution in [2.45, 2.75) is 50.0 Å². The molecule has 2 aliphatic heterocycles. The van der Waals surface area contributed by atoms with Gasteiger partial charge in [0.2, 0.25) is 5.91 Å². The summed E-state index contributed by atoms with van der Waals surface area (Å²) < 4.78 is 10.7. The molecule has 1 aliphatic carbocycles. The molecule has 5 rings (SSSR count). The normalized spacial score (nSPS) is 23.3. The molecule has 2 N–H and O–H groups in total. The number of ether oxygens (including phenoxy) is 1. The SMILES string of the molecule is O=C(NCC(C1CCOCC1)N1CCCC1)C1(c2ccc3oc(=O)[nH]c3c2)CC1. The van der Waals surface area contributed by atoms with E-state index in [-0.39, 0.29) is 5.91 Å². The highest BCUT2D eigenvalue weighted by atomic mass is 16.5. The second-order valence-corrected chi connectivity index (χ2v) is 8.78. The van der Waals surface area contributed by atoms with Gasteiger partial charge in [-0.05, 0) is 75.2 Å². The monoisotopic (exact) mass is 399 g/mol. The number of nitrogens with zero attached hydrogens (tertiary/aromatic N) is 1. The first-order chi connectivity index (χ1) is 14.2. The number of carbonyl (C=O) groups is 1. The lowest BCUT2D eigenvalue weighted by Crippen LogP contribution is -2.50. The van der Waals surface area contributed by atoms with Gasteiger partial charge in [0, 0.05) is 25.8 Å². The molecule has 3 heterocycles. The number of benzene rings is 1. The number of likely N-dealkylation sites (tertiary alicyclic amines) is 1. The third kappa shape index (κ3) is 3.62. The molecule has 1 amide bonds. The Morgan fingerprint density at radius 2 is 2.00 bits per heavy atom. The topological polar surface area (TPSA) is 87.6 Å². The van der Waals surface area contributed by atoms with Gasteiger partial charge in [0.1, 0.15) is 0 Å². The lowest BCUT2D eigenvalue weighted by molar-refractivity contribution is -0.124. The average molecular weight is 399 g/mol. The van der Waals surface area contributed by atoms with Crippen molar-refractivity contribution in [3.63, 3.8) is 0 Å². The van der Waals surface area contributed by atoms with E-state index >= 15 is 0 Å². The molecule has 7 heteroatoms. The van der Waals surface area contributed by atoms with Crippen LogP contribution in [0.25, 0.3) is 11.1 Å². The first-order valence-electron chi connectivity index (χ1n) is 10.9. The molecule has 1 aromatic carbocycles. The highest BCUT2D eigenvalue weighted by Gasteiger charge is 2.51. The number of H-pyrrole nitrogens is 1. The molecule has 2 aromatic rings. The molecule has 0 spiro atoms. The van der Waals surface area contributed by atoms with Gasteiger partial charge in [0.15, 0.2) is 5.58 Å². The van der Waals surface area contributed by atoms with Crippen molar-refractivity contribution in [3.05, 3.63) is 34.3 Å². The van der Waals surface area contributed by atoms with Gasteiger partial charge in [-0.2, -0.15) is 0 Å². The fraction of sp³-hybridized carbons (Fsp3) is 0.636. The van der Waals surface area contributed by atoms with Gasteiger partial charge in [-0.15, -0.1) is 0 Å². The highest BCUT2D eigenvalue weighted by molar-refractivity contribution is 5.92. The number of hydrogen-bond acceptors (Lipinski definition) is 5. The highest BCUT2D eigenvalue weighted by Crippen LogP contribution is 2.49. The number of fused-ring (bicyclic) bond motifs is 1. The van der Waals surface area contributed by atoms with Gasteiger partial charge in [-0.3, -0.25) is 14.7 Å². The van der Waals surface area contributed by atoms with Crippen LogP contribution in [0.5, 0.6) is 0 Å². The van der Waals surface area contributed by atoms with Crippen LogP contribution in [0.1, 0.15) is 44.1 Å². The quantitative estimate of drug-likeness (QED) is 0.777. The van der Waals surface area contributed by atoms with E-state index in [2.05, 4.69) is 15.2 Å². The number of rotatable bonds is 6. The second-order valence-electron chi connectivity index (χ2n) is 8.78. The molecule has 3 fully saturated rings. The van der Waals surface area contributed by atoms with E-state index in [0.717, 1.165) is 57.6 Å². The summed E-state index contributed by atoms with van der Waals surface area (Å²) >= 11 is 0. The first kappa shape index (κ1) is 18.9. The summed E-state index contributed by atoms with van der Waals surface area (Å²) in [6.07, 6.45) is 6.34. The van der Waals surface area contributed by atoms with Crippen LogP contribution in [0.4, 0.5) is 0 Å². The van der Waals surface area contributed by atoms with Crippen molar-refractivity contribution in [3.8, 4) is 0 Å². The zero-order valence-corrected chi connectivity index (χ0v) is 16.7. The summed E-state index contributed by atoms with van der Waals surface area (Å²) in [6, 6.07) is 5.99. The molecule has 3 aliphatic rings. The van der Waals surface area contributed by atoms with Crippen LogP contribution in [0.2, 0.25) is 0 Å². The summed E-state index contributed by atoms with van der Waals surface area (Å²) in [7, 11) is 0. The average Bonchev–Trinajstić information content (AvgIpc) is 3.20. The van der Waals surface area contributed by atoms with E-state index in [1.807, 2.05) is 12.1 Å². The van der Waals surface area contributed by atoms with Crippen molar-refractivity contribution in [2.75, 3.05) is 32.8 Å². The van der Waals surface area contributed by atoms with Gasteiger partial charge in [-0.25, -0.2) is 4.79 Å². The molecule has 0 radical (unpaired) electrons. The minimum atomic E-state index is -0.465. The third-order valence-corrected chi connectivity index (χ3v) is 7.05. The van der Waals surface area contributed by atoms with Crippen LogP contribution < -0.4 is 11.1 Å². The number of aromatic amines is 1. The maximum atomic E-state index is 13.2. The van der Waals surface area contributed by atoms with Gasteiger partial charge < -0.3 is 14.5 Å². The van der Waals surface area contributed by atoms with E-state index in [4.69, 9.17) is 9.15 Å². The Morgan fingerprint density at radius 1 is 1.24 bits per heavy atom. The summed E-state index contributed by atoms with van der Waals surface area (Å²) in [5.74, 6) is 0.236. The lowest BCUT2D eigenvalue weighted by Gasteiger charge is -2.37. The Morgan fingerprint density at radius 3 is 2.72 bits per heavy atom. The predicted octanol–water partition coefficient (Wildman–Crippen LogP) is 2.16. The van der Waals surface area contributed by atoms with E-state index < -0.39 is 11.2 Å². The van der Waals surface area contributed by atoms with Crippen LogP contribution in [-0.4, -0.2) is 54.7 Å². The molecule has 1 saturated carbocycles. The molecule has 2 saturated heterocycles. The van der Waals surface area contributed by atoms with Gasteiger partial charge >= 0.3 is 5.76 Å². The van der Waals surface area contributed by atoms with Crippen LogP contribution in [-0.2, 0) is 14.9 Å². The zero-order chi connectivity index (χ0) is 19.8. The van der Waals surface area contributed by atoms with E-state index in [1.165, 1.54) is 12.8 Å². The van der Waals surface area contributed by atoms with E-state index in [9.17, 15) is 9.59 Å². The fourth-order valence-corrected chi connectivity index (χ4v) is 5.16. The molecular formula is C22H29N3O4. The van der Waals surface area contributed by atoms with E-state index in [1.54, 1.807) is 6.07 Å².